The van der Waals surface area contributed by atoms with Crippen LogP contribution in [-0.2, 0) is 38.8 Å². The van der Waals surface area contributed by atoms with Crippen LogP contribution < -0.4 is 46.1 Å². The molecule has 4 fully saturated rings. The third-order valence-electron chi connectivity index (χ3n) is 14.5. The predicted octanol–water partition coefficient (Wildman–Crippen LogP) is 4.55. The molecule has 1 aromatic heterocycles. The summed E-state index contributed by atoms with van der Waals surface area (Å²) in [6, 6.07) is 21.3. The Hall–Kier alpha value is -7.46. The van der Waals surface area contributed by atoms with Gasteiger partial charge in [0.15, 0.2) is 0 Å². The first-order valence-corrected chi connectivity index (χ1v) is 28.8. The molecule has 414 valence electrons. The summed E-state index contributed by atoms with van der Waals surface area (Å²) < 4.78 is 41.3. The molecular weight excluding hydrogens is 1040 g/mol. The highest BCUT2D eigenvalue weighted by molar-refractivity contribution is 8.00. The van der Waals surface area contributed by atoms with Gasteiger partial charge in [0.05, 0.1) is 41.8 Å². The van der Waals surface area contributed by atoms with Gasteiger partial charge in [-0.3, -0.25) is 28.8 Å². The van der Waals surface area contributed by atoms with Crippen LogP contribution in [0.3, 0.4) is 0 Å². The average molecular weight is 1110 g/mol. The number of thioether (sulfide) groups is 1. The first-order chi connectivity index (χ1) is 37.5. The Kier molecular flexibility index (Phi) is 18.8. The number of benzene rings is 3. The van der Waals surface area contributed by atoms with Crippen molar-refractivity contribution >= 4 is 74.2 Å². The second-order valence-electron chi connectivity index (χ2n) is 20.1. The molecule has 4 aromatic rings. The van der Waals surface area contributed by atoms with E-state index < -0.39 is 63.3 Å². The number of pyridine rings is 1. The van der Waals surface area contributed by atoms with Crippen LogP contribution in [0.2, 0.25) is 0 Å². The van der Waals surface area contributed by atoms with E-state index in [2.05, 4.69) is 49.8 Å². The molecule has 0 radical (unpaired) electrons. The molecule has 20 nitrogen and oxygen atoms in total. The van der Waals surface area contributed by atoms with E-state index in [9.17, 15) is 37.2 Å². The molecule has 0 unspecified atom stereocenters. The van der Waals surface area contributed by atoms with E-state index in [1.54, 1.807) is 37.4 Å². The maximum Gasteiger partial charge on any atom is 0.315 e. The Labute approximate surface area is 458 Å². The zero-order chi connectivity index (χ0) is 55.4. The van der Waals surface area contributed by atoms with Gasteiger partial charge in [0, 0.05) is 72.9 Å². The fourth-order valence-corrected chi connectivity index (χ4v) is 13.0. The molecule has 8 rings (SSSR count). The number of urea groups is 1. The molecule has 3 aliphatic heterocycles. The number of aromatic nitrogens is 1. The number of hydrogen-bond acceptors (Lipinski definition) is 13. The topological polar surface area (TPSA) is 272 Å². The number of hydrogen-bond donors (Lipinski definition) is 7. The Morgan fingerprint density at radius 2 is 1.67 bits per heavy atom. The number of likely N-dealkylation sites (tertiary alicyclic amines) is 1. The number of carbonyl (C=O) groups is 7. The monoisotopic (exact) mass is 1110 g/mol. The number of amides is 8. The van der Waals surface area contributed by atoms with Crippen LogP contribution in [0, 0.1) is 0 Å². The normalized spacial score (nSPS) is 21.9. The van der Waals surface area contributed by atoms with E-state index in [-0.39, 0.29) is 67.7 Å². The van der Waals surface area contributed by atoms with Crippen LogP contribution in [0.1, 0.15) is 77.0 Å². The van der Waals surface area contributed by atoms with Crippen LogP contribution in [0.25, 0.3) is 22.2 Å². The van der Waals surface area contributed by atoms with Gasteiger partial charge >= 0.3 is 6.03 Å². The van der Waals surface area contributed by atoms with Gasteiger partial charge in [-0.25, -0.2) is 22.9 Å². The highest BCUT2D eigenvalue weighted by atomic mass is 32.2. The third kappa shape index (κ3) is 14.2. The van der Waals surface area contributed by atoms with Gasteiger partial charge in [0.1, 0.15) is 35.2 Å². The summed E-state index contributed by atoms with van der Waals surface area (Å²) in [6.45, 7) is 7.42. The highest BCUT2D eigenvalue weighted by Gasteiger charge is 2.50. The molecule has 7 atom stereocenters. The molecule has 8 amide bonds. The zero-order valence-electron chi connectivity index (χ0n) is 43.6. The van der Waals surface area contributed by atoms with E-state index >= 15 is 4.79 Å². The SMILES string of the molecule is C=CC(=O)NC[C@H](NC(=O)CCCCCNC(=O)CCCC[C@@H]1SC[C@@H]2NC(=O)N[C@@H]21)C(=O)N1C[C@H](Oc2cc(-c3ccccc3)nc3cc(OC)ccc23)C[C@H]1C(=O)N[C@]1(C(=O)NS(=O)(=O)c2ccccc2)CCC(=C)C1. The number of nitrogens with zero attached hydrogens (tertiary/aromatic N) is 2. The zero-order valence-corrected chi connectivity index (χ0v) is 45.2. The van der Waals surface area contributed by atoms with Crippen molar-refractivity contribution in [2.24, 2.45) is 0 Å². The van der Waals surface area contributed by atoms with Crippen molar-refractivity contribution in [3.63, 3.8) is 0 Å². The standard InChI is InChI=1S/C56H67N9O11S2/c1-4-48(66)58-32-43(60-50(68)22-12-7-15-27-57-49(67)21-14-13-20-47-51-44(34-77-47)61-55(72)62-51)53(70)65-33-38(76-46-30-41(36-16-8-5-9-17-36)59-42-28-37(75-3)23-24-40(42)46)29-45(65)52(69)63-56(26-25-35(2)31-56)54(71)64-78(73,74)39-18-10-6-11-19-39/h4-6,8-11,16-19,23-24,28,30,38,43-45,47,51H,1-2,7,12-15,20-22,25-27,29,31-34H2,3H3,(H,57,67)(H,58,66)(H,60,68)(H,63,69)(H,64,71)(H2,61,62,72)/t38-,43+,44+,45+,47+,51+,56-/m1/s1. The largest absolute Gasteiger partial charge is 0.497 e. The van der Waals surface area contributed by atoms with E-state index in [0.717, 1.165) is 36.7 Å². The van der Waals surface area contributed by atoms with E-state index in [1.165, 1.54) is 29.2 Å². The summed E-state index contributed by atoms with van der Waals surface area (Å²) in [6.07, 6.45) is 4.83. The Bertz CT molecular complexity index is 3020. The van der Waals surface area contributed by atoms with Gasteiger partial charge in [0.2, 0.25) is 29.5 Å². The number of carbonyl (C=O) groups excluding carboxylic acids is 7. The maximum absolute atomic E-state index is 15.0. The minimum Gasteiger partial charge on any atom is -0.497 e. The van der Waals surface area contributed by atoms with E-state index in [0.29, 0.717) is 77.6 Å². The summed E-state index contributed by atoms with van der Waals surface area (Å²) >= 11 is 1.84. The van der Waals surface area contributed by atoms with Crippen molar-refractivity contribution in [2.75, 3.05) is 32.5 Å². The molecule has 7 N–H and O–H groups in total. The fourth-order valence-electron chi connectivity index (χ4n) is 10.4. The summed E-state index contributed by atoms with van der Waals surface area (Å²) in [5.41, 5.74) is 0.762. The first kappa shape index (κ1) is 56.7. The van der Waals surface area contributed by atoms with Gasteiger partial charge in [0.25, 0.3) is 15.9 Å². The van der Waals surface area contributed by atoms with Crippen molar-refractivity contribution in [1.29, 1.82) is 0 Å². The fraction of sp³-hybridized carbons (Fsp3) is 0.429. The molecule has 1 aliphatic carbocycles. The minimum absolute atomic E-state index is 0.0108. The number of unbranched alkanes of at least 4 members (excludes halogenated alkanes) is 3. The van der Waals surface area contributed by atoms with E-state index in [1.807, 2.05) is 42.1 Å². The van der Waals surface area contributed by atoms with E-state index in [4.69, 9.17) is 14.5 Å². The average Bonchev–Trinajstić information content (AvgIpc) is 4.29. The van der Waals surface area contributed by atoms with Crippen LogP contribution in [0.5, 0.6) is 11.5 Å². The number of methoxy groups -OCH3 is 1. The molecule has 22 heteroatoms. The van der Waals surface area contributed by atoms with Crippen LogP contribution in [0.4, 0.5) is 4.79 Å². The number of sulfonamides is 1. The quantitative estimate of drug-likeness (QED) is 0.0208. The van der Waals surface area contributed by atoms with Crippen LogP contribution in [0.15, 0.2) is 115 Å². The smallest absolute Gasteiger partial charge is 0.315 e. The lowest BCUT2D eigenvalue weighted by Crippen LogP contribution is -2.62. The van der Waals surface area contributed by atoms with Crippen molar-refractivity contribution in [1.82, 2.24) is 46.5 Å². The lowest BCUT2D eigenvalue weighted by molar-refractivity contribution is -0.143. The molecule has 4 heterocycles. The lowest BCUT2D eigenvalue weighted by atomic mass is 9.95. The summed E-state index contributed by atoms with van der Waals surface area (Å²) in [4.78, 5) is 101. The predicted molar refractivity (Wildman–Crippen MR) is 294 cm³/mol. The molecule has 4 aliphatic rings. The second-order valence-corrected chi connectivity index (χ2v) is 23.0. The van der Waals surface area contributed by atoms with Gasteiger partial charge in [-0.15, -0.1) is 0 Å². The Morgan fingerprint density at radius 3 is 2.40 bits per heavy atom. The van der Waals surface area contributed by atoms with Crippen LogP contribution >= 0.6 is 11.8 Å². The number of nitrogens with one attached hydrogen (secondary N) is 7. The third-order valence-corrected chi connectivity index (χ3v) is 17.4. The molecule has 3 aromatic carbocycles. The molecule has 78 heavy (non-hydrogen) atoms. The minimum atomic E-state index is -4.37. The van der Waals surface area contributed by atoms with Gasteiger partial charge < -0.3 is 46.3 Å². The first-order valence-electron chi connectivity index (χ1n) is 26.3. The van der Waals surface area contributed by atoms with Crippen molar-refractivity contribution < 1.29 is 51.5 Å². The molecule has 3 saturated heterocycles. The van der Waals surface area contributed by atoms with Crippen molar-refractivity contribution in [2.45, 2.75) is 123 Å². The highest BCUT2D eigenvalue weighted by Crippen LogP contribution is 2.38. The number of rotatable bonds is 25. The van der Waals surface area contributed by atoms with Gasteiger partial charge in [-0.1, -0.05) is 80.1 Å². The molecule has 0 bridgehead atoms. The maximum atomic E-state index is 15.0. The van der Waals surface area contributed by atoms with Crippen molar-refractivity contribution in [3.8, 4) is 22.8 Å². The molecular formula is C56H67N9O11S2. The van der Waals surface area contributed by atoms with Gasteiger partial charge in [-0.05, 0) is 68.9 Å². The second kappa shape index (κ2) is 25.8. The summed E-state index contributed by atoms with van der Waals surface area (Å²) in [5.74, 6) is -1.82. The number of ether oxygens (including phenoxy) is 2. The van der Waals surface area contributed by atoms with Gasteiger partial charge in [-0.2, -0.15) is 11.8 Å². The Balaban J connectivity index is 0.956. The van der Waals surface area contributed by atoms with Crippen LogP contribution in [-0.4, -0.2) is 133 Å². The summed E-state index contributed by atoms with van der Waals surface area (Å²) in [7, 11) is -2.83. The lowest BCUT2D eigenvalue weighted by Gasteiger charge is -2.33. The summed E-state index contributed by atoms with van der Waals surface area (Å²) in [5, 5.41) is 18.0. The number of fused-ring (bicyclic) bond motifs is 2. The molecule has 1 saturated carbocycles. The Morgan fingerprint density at radius 1 is 0.923 bits per heavy atom. The van der Waals surface area contributed by atoms with Crippen molar-refractivity contribution in [3.05, 3.63) is 110 Å². The molecule has 0 spiro atoms.